The van der Waals surface area contributed by atoms with Crippen LogP contribution in [0.25, 0.3) is 0 Å². The lowest BCUT2D eigenvalue weighted by Crippen LogP contribution is -2.34. The van der Waals surface area contributed by atoms with E-state index in [4.69, 9.17) is 27.9 Å². The van der Waals surface area contributed by atoms with Crippen molar-refractivity contribution in [1.82, 2.24) is 0 Å². The van der Waals surface area contributed by atoms with Crippen LogP contribution in [0.4, 0.5) is 18.9 Å². The number of rotatable bonds is 8. The van der Waals surface area contributed by atoms with Crippen LogP contribution in [0.1, 0.15) is 57.6 Å². The average Bonchev–Trinajstić information content (AvgIpc) is 3.59. The molecule has 2 aromatic rings. The van der Waals surface area contributed by atoms with Crippen molar-refractivity contribution in [2.24, 2.45) is 17.8 Å². The van der Waals surface area contributed by atoms with Crippen molar-refractivity contribution in [2.45, 2.75) is 64.7 Å². The smallest absolute Gasteiger partial charge is 0.392 e. The molecular formula is C27H30Cl2F3NO3. The highest BCUT2D eigenvalue weighted by atomic mass is 35.5. The predicted octanol–water partition coefficient (Wildman–Crippen LogP) is 7.82. The first-order valence-electron chi connectivity index (χ1n) is 11.8. The summed E-state index contributed by atoms with van der Waals surface area (Å²) in [6.07, 6.45) is -2.37. The SMILES string of the molecule is CC(C(C(=O)Nc1cc(CC(C(=O)OC(C)(C)C)C2CC2)ccc1Cl)c1ccc(Cl)cc1)C(F)(F)F. The van der Waals surface area contributed by atoms with Gasteiger partial charge in [-0.3, -0.25) is 9.59 Å². The number of ether oxygens (including phenoxy) is 1. The maximum absolute atomic E-state index is 13.6. The first-order chi connectivity index (χ1) is 16.7. The minimum atomic E-state index is -4.60. The molecule has 3 atom stereocenters. The molecule has 0 radical (unpaired) electrons. The quantitative estimate of drug-likeness (QED) is 0.345. The number of amides is 1. The van der Waals surface area contributed by atoms with Gasteiger partial charge >= 0.3 is 12.1 Å². The Morgan fingerprint density at radius 1 is 1.06 bits per heavy atom. The summed E-state index contributed by atoms with van der Waals surface area (Å²) in [6.45, 7) is 6.40. The Hall–Kier alpha value is -2.25. The van der Waals surface area contributed by atoms with E-state index in [2.05, 4.69) is 5.32 Å². The topological polar surface area (TPSA) is 55.4 Å². The molecule has 1 aliphatic carbocycles. The van der Waals surface area contributed by atoms with Crippen molar-refractivity contribution in [3.8, 4) is 0 Å². The van der Waals surface area contributed by atoms with Crippen LogP contribution in [-0.2, 0) is 20.7 Å². The summed E-state index contributed by atoms with van der Waals surface area (Å²) in [5, 5.41) is 3.12. The molecule has 0 aromatic heterocycles. The van der Waals surface area contributed by atoms with Gasteiger partial charge in [0, 0.05) is 5.02 Å². The summed E-state index contributed by atoms with van der Waals surface area (Å²) in [7, 11) is 0. The first kappa shape index (κ1) is 28.3. The lowest BCUT2D eigenvalue weighted by Gasteiger charge is -2.26. The minimum absolute atomic E-state index is 0.182. The van der Waals surface area contributed by atoms with Gasteiger partial charge in [0.2, 0.25) is 5.91 Å². The second kappa shape index (κ2) is 11.0. The van der Waals surface area contributed by atoms with Gasteiger partial charge in [-0.1, -0.05) is 48.3 Å². The van der Waals surface area contributed by atoms with Crippen LogP contribution >= 0.6 is 23.2 Å². The lowest BCUT2D eigenvalue weighted by atomic mass is 9.85. The Bertz CT molecular complexity index is 1090. The summed E-state index contributed by atoms with van der Waals surface area (Å²) in [6, 6.07) is 10.6. The molecule has 0 saturated heterocycles. The predicted molar refractivity (Wildman–Crippen MR) is 135 cm³/mol. The van der Waals surface area contributed by atoms with Crippen LogP contribution in [0.2, 0.25) is 10.0 Å². The maximum Gasteiger partial charge on any atom is 0.392 e. The molecule has 1 amide bonds. The standard InChI is InChI=1S/C27H30Cl2F3NO3/c1-15(27(30,31)32)23(18-8-10-19(28)11-9-18)24(34)33-22-14-16(5-12-21(22)29)13-20(17-6-7-17)25(35)36-26(2,3)4/h5,8-12,14-15,17,20,23H,6-7,13H2,1-4H3,(H,33,34). The molecule has 4 nitrogen and oxygen atoms in total. The Labute approximate surface area is 219 Å². The summed E-state index contributed by atoms with van der Waals surface area (Å²) in [5.74, 6) is -4.72. The number of hydrogen-bond donors (Lipinski definition) is 1. The van der Waals surface area contributed by atoms with Crippen molar-refractivity contribution in [3.05, 3.63) is 63.6 Å². The highest BCUT2D eigenvalue weighted by Crippen LogP contribution is 2.41. The minimum Gasteiger partial charge on any atom is -0.460 e. The van der Waals surface area contributed by atoms with Crippen LogP contribution in [0.3, 0.4) is 0 Å². The number of hydrogen-bond acceptors (Lipinski definition) is 3. The molecule has 1 fully saturated rings. The van der Waals surface area contributed by atoms with Crippen molar-refractivity contribution >= 4 is 40.8 Å². The third-order valence-corrected chi connectivity index (χ3v) is 6.75. The van der Waals surface area contributed by atoms with E-state index in [9.17, 15) is 22.8 Å². The van der Waals surface area contributed by atoms with E-state index in [-0.39, 0.29) is 34.1 Å². The molecule has 196 valence electrons. The largest absolute Gasteiger partial charge is 0.460 e. The van der Waals surface area contributed by atoms with Gasteiger partial charge in [0.15, 0.2) is 0 Å². The van der Waals surface area contributed by atoms with Crippen LogP contribution in [-0.4, -0.2) is 23.7 Å². The third kappa shape index (κ3) is 7.62. The number of nitrogens with one attached hydrogen (secondary N) is 1. The Morgan fingerprint density at radius 2 is 1.67 bits per heavy atom. The number of halogens is 5. The molecule has 0 heterocycles. The Morgan fingerprint density at radius 3 is 2.19 bits per heavy atom. The average molecular weight is 544 g/mol. The van der Waals surface area contributed by atoms with Gasteiger partial charge in [-0.15, -0.1) is 0 Å². The molecule has 3 unspecified atom stereocenters. The number of carbonyl (C=O) groups excluding carboxylic acids is 2. The van der Waals surface area contributed by atoms with Gasteiger partial charge in [-0.05, 0) is 81.3 Å². The second-order valence-corrected chi connectivity index (χ2v) is 11.2. The van der Waals surface area contributed by atoms with E-state index < -0.39 is 29.5 Å². The summed E-state index contributed by atoms with van der Waals surface area (Å²) in [5.41, 5.74) is 0.484. The molecule has 1 N–H and O–H groups in total. The molecule has 1 saturated carbocycles. The highest BCUT2D eigenvalue weighted by molar-refractivity contribution is 6.33. The van der Waals surface area contributed by atoms with Crippen LogP contribution in [0, 0.1) is 17.8 Å². The maximum atomic E-state index is 13.6. The van der Waals surface area contributed by atoms with Crippen molar-refractivity contribution in [2.75, 3.05) is 5.32 Å². The molecular weight excluding hydrogens is 514 g/mol. The highest BCUT2D eigenvalue weighted by Gasteiger charge is 2.45. The van der Waals surface area contributed by atoms with Gasteiger partial charge in [0.05, 0.1) is 28.5 Å². The number of benzene rings is 2. The number of alkyl halides is 3. The van der Waals surface area contributed by atoms with Crippen LogP contribution < -0.4 is 5.32 Å². The normalized spacial score (nSPS) is 16.7. The number of anilines is 1. The summed E-state index contributed by atoms with van der Waals surface area (Å²) >= 11 is 12.2. The molecule has 2 aromatic carbocycles. The van der Waals surface area contributed by atoms with E-state index in [1.807, 2.05) is 20.8 Å². The zero-order valence-corrected chi connectivity index (χ0v) is 22.1. The first-order valence-corrected chi connectivity index (χ1v) is 12.6. The third-order valence-electron chi connectivity index (χ3n) is 6.17. The van der Waals surface area contributed by atoms with Gasteiger partial charge in [0.1, 0.15) is 5.60 Å². The summed E-state index contributed by atoms with van der Waals surface area (Å²) in [4.78, 5) is 26.0. The monoisotopic (exact) mass is 543 g/mol. The van der Waals surface area contributed by atoms with Gasteiger partial charge in [0.25, 0.3) is 0 Å². The van der Waals surface area contributed by atoms with E-state index >= 15 is 0 Å². The molecule has 9 heteroatoms. The lowest BCUT2D eigenvalue weighted by molar-refractivity contribution is -0.178. The van der Waals surface area contributed by atoms with E-state index in [0.717, 1.165) is 25.3 Å². The van der Waals surface area contributed by atoms with E-state index in [1.165, 1.54) is 24.3 Å². The van der Waals surface area contributed by atoms with Gasteiger partial charge < -0.3 is 10.1 Å². The van der Waals surface area contributed by atoms with Crippen molar-refractivity contribution in [3.63, 3.8) is 0 Å². The van der Waals surface area contributed by atoms with E-state index in [0.29, 0.717) is 11.4 Å². The van der Waals surface area contributed by atoms with Crippen LogP contribution in [0.5, 0.6) is 0 Å². The van der Waals surface area contributed by atoms with Crippen LogP contribution in [0.15, 0.2) is 42.5 Å². The fourth-order valence-electron chi connectivity index (χ4n) is 4.10. The Kier molecular flexibility index (Phi) is 8.67. The van der Waals surface area contributed by atoms with Gasteiger partial charge in [-0.2, -0.15) is 13.2 Å². The zero-order chi connectivity index (χ0) is 26.8. The van der Waals surface area contributed by atoms with E-state index in [1.54, 1.807) is 18.2 Å². The molecule has 3 rings (SSSR count). The zero-order valence-electron chi connectivity index (χ0n) is 20.6. The molecule has 1 aliphatic rings. The van der Waals surface area contributed by atoms with Gasteiger partial charge in [-0.25, -0.2) is 0 Å². The number of esters is 1. The molecule has 36 heavy (non-hydrogen) atoms. The van der Waals surface area contributed by atoms with Crippen molar-refractivity contribution < 1.29 is 27.5 Å². The molecule has 0 bridgehead atoms. The summed E-state index contributed by atoms with van der Waals surface area (Å²) < 4.78 is 46.5. The molecule has 0 aliphatic heterocycles. The van der Waals surface area contributed by atoms with Crippen molar-refractivity contribution in [1.29, 1.82) is 0 Å². The fraction of sp³-hybridized carbons (Fsp3) is 0.481. The second-order valence-electron chi connectivity index (χ2n) is 10.3. The number of carbonyl (C=O) groups is 2. The fourth-order valence-corrected chi connectivity index (χ4v) is 4.40. The Balaban J connectivity index is 1.84. The molecule has 0 spiro atoms.